The van der Waals surface area contributed by atoms with Crippen LogP contribution in [-0.4, -0.2) is 58.8 Å². The molecular formula is C22H28N4O2. The second kappa shape index (κ2) is 8.27. The van der Waals surface area contributed by atoms with E-state index in [2.05, 4.69) is 15.2 Å². The Kier molecular flexibility index (Phi) is 5.57. The van der Waals surface area contributed by atoms with Crippen LogP contribution in [0.15, 0.2) is 36.4 Å². The van der Waals surface area contributed by atoms with E-state index < -0.39 is 0 Å². The minimum atomic E-state index is -0.351. The molecule has 6 nitrogen and oxygen atoms in total. The van der Waals surface area contributed by atoms with Crippen molar-refractivity contribution in [2.75, 3.05) is 20.1 Å². The Morgan fingerprint density at radius 2 is 2.00 bits per heavy atom. The minimum Gasteiger partial charge on any atom is -0.353 e. The van der Waals surface area contributed by atoms with Gasteiger partial charge in [0.2, 0.25) is 11.8 Å². The Morgan fingerprint density at radius 3 is 2.82 bits per heavy atom. The number of benzene rings is 1. The SMILES string of the molecule is CN(Cc1ccc2ccccc2n1)C(=O)CC1C(=O)NCCN1C1CCCC1. The Bertz CT molecular complexity index is 862. The number of hydrogen-bond donors (Lipinski definition) is 1. The number of nitrogens with one attached hydrogen (secondary N) is 1. The van der Waals surface area contributed by atoms with Crippen LogP contribution in [0.4, 0.5) is 0 Å². The smallest absolute Gasteiger partial charge is 0.237 e. The fourth-order valence-corrected chi connectivity index (χ4v) is 4.46. The van der Waals surface area contributed by atoms with Gasteiger partial charge < -0.3 is 10.2 Å². The van der Waals surface area contributed by atoms with Crippen LogP contribution < -0.4 is 5.32 Å². The van der Waals surface area contributed by atoms with Gasteiger partial charge in [0.15, 0.2) is 0 Å². The molecule has 1 atom stereocenters. The molecule has 4 rings (SSSR count). The number of aromatic nitrogens is 1. The lowest BCUT2D eigenvalue weighted by Gasteiger charge is -2.39. The van der Waals surface area contributed by atoms with Crippen molar-refractivity contribution < 1.29 is 9.59 Å². The third kappa shape index (κ3) is 4.02. The lowest BCUT2D eigenvalue weighted by molar-refractivity contribution is -0.139. The molecule has 2 heterocycles. The standard InChI is InChI=1S/C22H28N4O2/c1-25(15-17-11-10-16-6-2-5-9-19(16)24-17)21(27)14-20-22(28)23-12-13-26(20)18-7-3-4-8-18/h2,5-6,9-11,18,20H,3-4,7-8,12-15H2,1H3,(H,23,28). The van der Waals surface area contributed by atoms with E-state index in [0.29, 0.717) is 19.1 Å². The lowest BCUT2D eigenvalue weighted by atomic mass is 10.0. The molecule has 0 spiro atoms. The zero-order valence-electron chi connectivity index (χ0n) is 16.4. The Hall–Kier alpha value is -2.47. The molecule has 1 aliphatic heterocycles. The molecule has 1 aromatic heterocycles. The molecule has 2 amide bonds. The highest BCUT2D eigenvalue weighted by Crippen LogP contribution is 2.27. The van der Waals surface area contributed by atoms with Crippen LogP contribution in [0, 0.1) is 0 Å². The fraction of sp³-hybridized carbons (Fsp3) is 0.500. The molecule has 1 aromatic carbocycles. The zero-order valence-corrected chi connectivity index (χ0v) is 16.4. The van der Waals surface area contributed by atoms with Crippen molar-refractivity contribution in [1.29, 1.82) is 0 Å². The van der Waals surface area contributed by atoms with Gasteiger partial charge in [0.1, 0.15) is 0 Å². The first-order valence-electron chi connectivity index (χ1n) is 10.2. The zero-order chi connectivity index (χ0) is 19.5. The molecule has 1 saturated carbocycles. The molecular weight excluding hydrogens is 352 g/mol. The third-order valence-corrected chi connectivity index (χ3v) is 6.01. The lowest BCUT2D eigenvalue weighted by Crippen LogP contribution is -2.59. The van der Waals surface area contributed by atoms with Gasteiger partial charge in [-0.05, 0) is 25.0 Å². The summed E-state index contributed by atoms with van der Waals surface area (Å²) in [6.07, 6.45) is 4.93. The first-order chi connectivity index (χ1) is 13.6. The predicted octanol–water partition coefficient (Wildman–Crippen LogP) is 2.33. The number of piperazine rings is 1. The summed E-state index contributed by atoms with van der Waals surface area (Å²) in [5, 5.41) is 4.03. The summed E-state index contributed by atoms with van der Waals surface area (Å²) in [6.45, 7) is 1.96. The maximum absolute atomic E-state index is 12.9. The average molecular weight is 380 g/mol. The topological polar surface area (TPSA) is 65.5 Å². The van der Waals surface area contributed by atoms with Crippen LogP contribution in [0.3, 0.4) is 0 Å². The number of para-hydroxylation sites is 1. The van der Waals surface area contributed by atoms with Gasteiger partial charge in [-0.3, -0.25) is 19.5 Å². The van der Waals surface area contributed by atoms with Crippen molar-refractivity contribution in [1.82, 2.24) is 20.1 Å². The number of amides is 2. The quantitative estimate of drug-likeness (QED) is 0.865. The first-order valence-corrected chi connectivity index (χ1v) is 10.2. The number of rotatable bonds is 5. The normalized spacial score (nSPS) is 21.0. The van der Waals surface area contributed by atoms with E-state index in [0.717, 1.165) is 36.0 Å². The van der Waals surface area contributed by atoms with Crippen LogP contribution in [0.5, 0.6) is 0 Å². The summed E-state index contributed by atoms with van der Waals surface area (Å²) in [6, 6.07) is 12.1. The van der Waals surface area contributed by atoms with Gasteiger partial charge >= 0.3 is 0 Å². The average Bonchev–Trinajstić information content (AvgIpc) is 3.24. The summed E-state index contributed by atoms with van der Waals surface area (Å²) >= 11 is 0. The molecule has 0 radical (unpaired) electrons. The molecule has 1 saturated heterocycles. The number of hydrogen-bond acceptors (Lipinski definition) is 4. The number of nitrogens with zero attached hydrogens (tertiary/aromatic N) is 3. The van der Waals surface area contributed by atoms with Crippen LogP contribution in [-0.2, 0) is 16.1 Å². The van der Waals surface area contributed by atoms with E-state index in [9.17, 15) is 9.59 Å². The molecule has 0 bridgehead atoms. The van der Waals surface area contributed by atoms with Crippen LogP contribution in [0.2, 0.25) is 0 Å². The molecule has 6 heteroatoms. The van der Waals surface area contributed by atoms with E-state index in [-0.39, 0.29) is 24.3 Å². The van der Waals surface area contributed by atoms with E-state index >= 15 is 0 Å². The maximum atomic E-state index is 12.9. The van der Waals surface area contributed by atoms with E-state index in [4.69, 9.17) is 0 Å². The predicted molar refractivity (Wildman–Crippen MR) is 109 cm³/mol. The monoisotopic (exact) mass is 380 g/mol. The van der Waals surface area contributed by atoms with Gasteiger partial charge in [-0.1, -0.05) is 37.1 Å². The minimum absolute atomic E-state index is 0.0104. The van der Waals surface area contributed by atoms with Crippen molar-refractivity contribution in [3.63, 3.8) is 0 Å². The maximum Gasteiger partial charge on any atom is 0.237 e. The second-order valence-corrected chi connectivity index (χ2v) is 7.93. The summed E-state index contributed by atoms with van der Waals surface area (Å²) in [4.78, 5) is 34.0. The van der Waals surface area contributed by atoms with Gasteiger partial charge in [0.25, 0.3) is 0 Å². The summed E-state index contributed by atoms with van der Waals surface area (Å²) in [7, 11) is 1.79. The number of carbonyl (C=O) groups excluding carboxylic acids is 2. The van der Waals surface area contributed by atoms with Crippen molar-refractivity contribution in [3.8, 4) is 0 Å². The first kappa shape index (κ1) is 18.9. The summed E-state index contributed by atoms with van der Waals surface area (Å²) in [5.41, 5.74) is 1.79. The largest absolute Gasteiger partial charge is 0.353 e. The van der Waals surface area contributed by atoms with Crippen molar-refractivity contribution in [2.24, 2.45) is 0 Å². The van der Waals surface area contributed by atoms with Crippen LogP contribution >= 0.6 is 0 Å². The Morgan fingerprint density at radius 1 is 1.21 bits per heavy atom. The third-order valence-electron chi connectivity index (χ3n) is 6.01. The van der Waals surface area contributed by atoms with Gasteiger partial charge in [0, 0.05) is 31.6 Å². The molecule has 1 N–H and O–H groups in total. The molecule has 1 unspecified atom stereocenters. The highest BCUT2D eigenvalue weighted by Gasteiger charge is 2.37. The van der Waals surface area contributed by atoms with E-state index in [1.807, 2.05) is 36.4 Å². The number of pyridine rings is 1. The molecule has 28 heavy (non-hydrogen) atoms. The van der Waals surface area contributed by atoms with E-state index in [1.54, 1.807) is 11.9 Å². The molecule has 148 valence electrons. The van der Waals surface area contributed by atoms with Gasteiger partial charge in [-0.2, -0.15) is 0 Å². The molecule has 2 aliphatic rings. The highest BCUT2D eigenvalue weighted by atomic mass is 16.2. The highest BCUT2D eigenvalue weighted by molar-refractivity contribution is 5.89. The summed E-state index contributed by atoms with van der Waals surface area (Å²) < 4.78 is 0. The molecule has 1 aliphatic carbocycles. The number of carbonyl (C=O) groups is 2. The van der Waals surface area contributed by atoms with Crippen LogP contribution in [0.1, 0.15) is 37.8 Å². The van der Waals surface area contributed by atoms with E-state index in [1.165, 1.54) is 12.8 Å². The molecule has 2 fully saturated rings. The number of fused-ring (bicyclic) bond motifs is 1. The Labute approximate surface area is 165 Å². The summed E-state index contributed by atoms with van der Waals surface area (Å²) in [5.74, 6) is -0.0243. The van der Waals surface area contributed by atoms with Gasteiger partial charge in [-0.15, -0.1) is 0 Å². The van der Waals surface area contributed by atoms with Crippen molar-refractivity contribution >= 4 is 22.7 Å². The fourth-order valence-electron chi connectivity index (χ4n) is 4.46. The van der Waals surface area contributed by atoms with Crippen molar-refractivity contribution in [3.05, 3.63) is 42.1 Å². The van der Waals surface area contributed by atoms with Gasteiger partial charge in [-0.25, -0.2) is 0 Å². The Balaban J connectivity index is 1.42. The van der Waals surface area contributed by atoms with Gasteiger partial charge in [0.05, 0.1) is 30.2 Å². The molecule has 2 aromatic rings. The van der Waals surface area contributed by atoms with Crippen molar-refractivity contribution in [2.45, 2.75) is 50.7 Å². The van der Waals surface area contributed by atoms with Crippen LogP contribution in [0.25, 0.3) is 10.9 Å². The second-order valence-electron chi connectivity index (χ2n) is 7.93.